The summed E-state index contributed by atoms with van der Waals surface area (Å²) in [5.41, 5.74) is 26.2. The number of hydrogen-bond donors (Lipinski definition) is 6. The predicted molar refractivity (Wildman–Crippen MR) is 190 cm³/mol. The lowest BCUT2D eigenvalue weighted by Crippen LogP contribution is -2.52. The van der Waals surface area contributed by atoms with Crippen molar-refractivity contribution in [1.82, 2.24) is 10.6 Å². The summed E-state index contributed by atoms with van der Waals surface area (Å²) >= 11 is 0. The van der Waals surface area contributed by atoms with E-state index in [1.54, 1.807) is 50.2 Å². The molecule has 4 unspecified atom stereocenters. The van der Waals surface area contributed by atoms with Crippen molar-refractivity contribution in [2.24, 2.45) is 11.5 Å². The number of carbonyl (C=O) groups excluding carboxylic acids is 4. The van der Waals surface area contributed by atoms with E-state index < -0.39 is 47.3 Å². The van der Waals surface area contributed by atoms with Crippen LogP contribution in [-0.4, -0.2) is 36.2 Å². The maximum Gasteiger partial charge on any atom is 0.333 e. The number of ether oxygens (including phenoxy) is 2. The van der Waals surface area contributed by atoms with E-state index in [0.29, 0.717) is 47.5 Å². The molecule has 0 aromatic heterocycles. The number of anilines is 2. The highest BCUT2D eigenvalue weighted by molar-refractivity contribution is 5.94. The maximum atomic E-state index is 13.1. The fourth-order valence-corrected chi connectivity index (χ4v) is 5.47. The Morgan fingerprint density at radius 2 is 0.960 bits per heavy atom. The minimum atomic E-state index is -1.72. The van der Waals surface area contributed by atoms with Gasteiger partial charge >= 0.3 is 11.9 Å². The monoisotopic (exact) mass is 678 g/mol. The lowest BCUT2D eigenvalue weighted by Gasteiger charge is -2.33. The molecular formula is C38H42N6O6. The number of rotatable bonds is 14. The summed E-state index contributed by atoms with van der Waals surface area (Å²) in [5.74, 6) is -3.78. The number of nitrogens with one attached hydrogen (secondary N) is 2. The number of hydrogen-bond acceptors (Lipinski definition) is 10. The zero-order chi connectivity index (χ0) is 36.3. The molecule has 0 saturated heterocycles. The Kier molecular flexibility index (Phi) is 12.1. The average molecular weight is 679 g/mol. The minimum Gasteiger partial charge on any atom is -0.434 e. The van der Waals surface area contributed by atoms with E-state index in [1.807, 2.05) is 72.8 Å². The van der Waals surface area contributed by atoms with Gasteiger partial charge in [-0.15, -0.1) is 0 Å². The van der Waals surface area contributed by atoms with Crippen molar-refractivity contribution in [2.45, 2.75) is 50.2 Å². The molecule has 260 valence electrons. The third-order valence-electron chi connectivity index (χ3n) is 8.01. The van der Waals surface area contributed by atoms with Gasteiger partial charge in [-0.05, 0) is 73.2 Å². The standard InChI is InChI=1S/C38H42N6O6/c1-37(23-25-11-5-3-6-12-25,27-15-9-17-29(39)21-27)43-35(47)33(41)49-31(45)19-20-32(46)50-34(42)36(48)44-38(2,24-26-13-7-4-8-14-26)28-16-10-18-30(40)22-28/h3-22,33-34H,23-24,39-42H2,1-2H3,(H,43,47)(H,44,48)/b20-19-. The van der Waals surface area contributed by atoms with Gasteiger partial charge in [0.1, 0.15) is 0 Å². The first kappa shape index (κ1) is 36.8. The molecule has 0 saturated carbocycles. The van der Waals surface area contributed by atoms with Crippen LogP contribution in [0.1, 0.15) is 36.1 Å². The summed E-state index contributed by atoms with van der Waals surface area (Å²) < 4.78 is 10.1. The number of nitrogen functional groups attached to an aromatic ring is 2. The molecule has 0 aliphatic heterocycles. The van der Waals surface area contributed by atoms with E-state index in [2.05, 4.69) is 10.6 Å². The predicted octanol–water partition coefficient (Wildman–Crippen LogP) is 2.91. The molecule has 10 N–H and O–H groups in total. The Morgan fingerprint density at radius 1 is 0.600 bits per heavy atom. The van der Waals surface area contributed by atoms with Gasteiger partial charge in [0.15, 0.2) is 0 Å². The number of amides is 2. The second-order valence-electron chi connectivity index (χ2n) is 12.3. The Hall–Kier alpha value is -5.98. The van der Waals surface area contributed by atoms with Gasteiger partial charge < -0.3 is 31.6 Å². The molecule has 2 amide bonds. The van der Waals surface area contributed by atoms with E-state index in [9.17, 15) is 19.2 Å². The highest BCUT2D eigenvalue weighted by Crippen LogP contribution is 2.28. The molecule has 0 heterocycles. The first-order valence-electron chi connectivity index (χ1n) is 15.8. The fraction of sp³-hybridized carbons (Fsp3) is 0.211. The molecule has 0 bridgehead atoms. The molecule has 0 aliphatic carbocycles. The first-order chi connectivity index (χ1) is 23.8. The number of nitrogens with two attached hydrogens (primary N) is 4. The minimum absolute atomic E-state index is 0.383. The average Bonchev–Trinajstić information content (AvgIpc) is 3.08. The smallest absolute Gasteiger partial charge is 0.333 e. The second-order valence-corrected chi connectivity index (χ2v) is 12.3. The van der Waals surface area contributed by atoms with E-state index in [0.717, 1.165) is 11.1 Å². The third kappa shape index (κ3) is 10.3. The molecule has 0 spiro atoms. The second kappa shape index (κ2) is 16.4. The Morgan fingerprint density at radius 3 is 1.30 bits per heavy atom. The topological polar surface area (TPSA) is 215 Å². The molecular weight excluding hydrogens is 636 g/mol. The molecule has 12 nitrogen and oxygen atoms in total. The van der Waals surface area contributed by atoms with E-state index in [-0.39, 0.29) is 0 Å². The highest BCUT2D eigenvalue weighted by atomic mass is 16.6. The van der Waals surface area contributed by atoms with Crippen molar-refractivity contribution in [2.75, 3.05) is 11.5 Å². The number of benzene rings is 4. The van der Waals surface area contributed by atoms with Crippen molar-refractivity contribution in [1.29, 1.82) is 0 Å². The summed E-state index contributed by atoms with van der Waals surface area (Å²) in [5, 5.41) is 5.72. The van der Waals surface area contributed by atoms with Crippen LogP contribution in [-0.2, 0) is 52.6 Å². The Bertz CT molecular complexity index is 1700. The third-order valence-corrected chi connectivity index (χ3v) is 8.01. The lowest BCUT2D eigenvalue weighted by atomic mass is 9.85. The summed E-state index contributed by atoms with van der Waals surface area (Å²) in [6.45, 7) is 3.60. The van der Waals surface area contributed by atoms with Crippen LogP contribution in [0.5, 0.6) is 0 Å². The van der Waals surface area contributed by atoms with Crippen molar-refractivity contribution in [3.8, 4) is 0 Å². The van der Waals surface area contributed by atoms with Crippen LogP contribution in [0.2, 0.25) is 0 Å². The quantitative estimate of drug-likeness (QED) is 0.0496. The van der Waals surface area contributed by atoms with Crippen LogP contribution < -0.4 is 33.6 Å². The molecule has 4 aromatic carbocycles. The van der Waals surface area contributed by atoms with Gasteiger partial charge in [-0.3, -0.25) is 21.1 Å². The molecule has 4 atom stereocenters. The molecule has 0 radical (unpaired) electrons. The normalized spacial score (nSPS) is 14.7. The van der Waals surface area contributed by atoms with Crippen LogP contribution in [0.25, 0.3) is 0 Å². The van der Waals surface area contributed by atoms with Crippen molar-refractivity contribution in [3.05, 3.63) is 144 Å². The molecule has 4 rings (SSSR count). The van der Waals surface area contributed by atoms with Crippen LogP contribution in [0.4, 0.5) is 11.4 Å². The van der Waals surface area contributed by atoms with Gasteiger partial charge in [0, 0.05) is 23.5 Å². The van der Waals surface area contributed by atoms with Crippen LogP contribution in [0.3, 0.4) is 0 Å². The van der Waals surface area contributed by atoms with E-state index in [1.165, 1.54) is 0 Å². The Labute approximate surface area is 290 Å². The zero-order valence-electron chi connectivity index (χ0n) is 27.9. The van der Waals surface area contributed by atoms with Crippen LogP contribution in [0, 0.1) is 0 Å². The summed E-state index contributed by atoms with van der Waals surface area (Å²) in [7, 11) is 0. The van der Waals surface area contributed by atoms with Gasteiger partial charge in [0.2, 0.25) is 12.5 Å². The van der Waals surface area contributed by atoms with Crippen LogP contribution in [0.15, 0.2) is 121 Å². The van der Waals surface area contributed by atoms with Gasteiger partial charge in [-0.2, -0.15) is 0 Å². The summed E-state index contributed by atoms with van der Waals surface area (Å²) in [6.07, 6.45) is -1.24. The molecule has 0 aliphatic rings. The highest BCUT2D eigenvalue weighted by Gasteiger charge is 2.33. The Balaban J connectivity index is 1.35. The largest absolute Gasteiger partial charge is 0.434 e. The van der Waals surface area contributed by atoms with Gasteiger partial charge in [-0.25, -0.2) is 9.59 Å². The van der Waals surface area contributed by atoms with Gasteiger partial charge in [-0.1, -0.05) is 84.9 Å². The number of esters is 2. The van der Waals surface area contributed by atoms with Crippen LogP contribution >= 0.6 is 0 Å². The van der Waals surface area contributed by atoms with E-state index in [4.69, 9.17) is 32.4 Å². The lowest BCUT2D eigenvalue weighted by molar-refractivity contribution is -0.153. The van der Waals surface area contributed by atoms with Crippen molar-refractivity contribution < 1.29 is 28.7 Å². The molecule has 4 aromatic rings. The van der Waals surface area contributed by atoms with E-state index >= 15 is 0 Å². The molecule has 0 fully saturated rings. The van der Waals surface area contributed by atoms with Gasteiger partial charge in [0.25, 0.3) is 11.8 Å². The summed E-state index contributed by atoms with van der Waals surface area (Å²) in [4.78, 5) is 51.2. The van der Waals surface area contributed by atoms with Gasteiger partial charge in [0.05, 0.1) is 11.1 Å². The number of carbonyl (C=O) groups is 4. The van der Waals surface area contributed by atoms with Crippen molar-refractivity contribution >= 4 is 35.1 Å². The molecule has 50 heavy (non-hydrogen) atoms. The fourth-order valence-electron chi connectivity index (χ4n) is 5.47. The summed E-state index contributed by atoms with van der Waals surface area (Å²) in [6, 6.07) is 33.0. The molecule has 12 heteroatoms. The zero-order valence-corrected chi connectivity index (χ0v) is 27.9. The SMILES string of the molecule is CC(Cc1ccccc1)(NC(=O)C(N)OC(=O)/C=C\C(=O)OC(N)C(=O)NC(C)(Cc1ccccc1)c1cccc(N)c1)c1cccc(N)c1. The maximum absolute atomic E-state index is 13.1. The first-order valence-corrected chi connectivity index (χ1v) is 15.8. The van der Waals surface area contributed by atoms with Crippen molar-refractivity contribution in [3.63, 3.8) is 0 Å².